The van der Waals surface area contributed by atoms with Crippen molar-refractivity contribution in [2.75, 3.05) is 32.7 Å². The van der Waals surface area contributed by atoms with Crippen molar-refractivity contribution in [3.8, 4) is 0 Å². The largest absolute Gasteiger partial charge is 0.370 e. The van der Waals surface area contributed by atoms with Gasteiger partial charge in [0.15, 0.2) is 23.8 Å². The molecular weight excluding hydrogens is 1050 g/mol. The van der Waals surface area contributed by atoms with Gasteiger partial charge in [0.2, 0.25) is 53.2 Å². The lowest BCUT2D eigenvalue weighted by Gasteiger charge is -2.29. The molecule has 0 bridgehead atoms. The maximum atomic E-state index is 14.3. The van der Waals surface area contributed by atoms with E-state index < -0.39 is 114 Å². The molecule has 31 heteroatoms. The summed E-state index contributed by atoms with van der Waals surface area (Å²) in [5, 5.41) is 21.3. The molecule has 462 valence electrons. The van der Waals surface area contributed by atoms with Gasteiger partial charge in [0.1, 0.15) is 42.3 Å². The maximum absolute atomic E-state index is 14.3. The zero-order valence-corrected chi connectivity index (χ0v) is 48.7. The fraction of sp³-hybridized carbons (Fsp3) is 0.740. The van der Waals surface area contributed by atoms with Crippen LogP contribution >= 0.6 is 0 Å². The van der Waals surface area contributed by atoms with Crippen LogP contribution in [0.25, 0.3) is 0 Å². The first-order chi connectivity index (χ1) is 37.9. The summed E-state index contributed by atoms with van der Waals surface area (Å²) < 4.78 is 0. The van der Waals surface area contributed by atoms with E-state index in [9.17, 15) is 43.2 Å². The monoisotopic (exact) mass is 1150 g/mol. The van der Waals surface area contributed by atoms with E-state index in [1.165, 1.54) is 0 Å². The quantitative estimate of drug-likeness (QED) is 0.0154. The number of hydrogen-bond donors (Lipinski definition) is 18. The number of rotatable bonds is 41. The van der Waals surface area contributed by atoms with Gasteiger partial charge in [0, 0.05) is 26.2 Å². The molecule has 81 heavy (non-hydrogen) atoms. The second-order valence-corrected chi connectivity index (χ2v) is 21.2. The van der Waals surface area contributed by atoms with Gasteiger partial charge >= 0.3 is 0 Å². The lowest BCUT2D eigenvalue weighted by Crippen LogP contribution is -2.60. The molecule has 0 aromatic rings. The highest BCUT2D eigenvalue weighted by Crippen LogP contribution is 2.14. The van der Waals surface area contributed by atoms with E-state index in [1.807, 2.05) is 41.5 Å². The molecule has 0 heterocycles. The predicted molar refractivity (Wildman–Crippen MR) is 311 cm³/mol. The molecule has 0 radical (unpaired) electrons. The summed E-state index contributed by atoms with van der Waals surface area (Å²) >= 11 is 0. The molecule has 0 saturated heterocycles. The van der Waals surface area contributed by atoms with Crippen molar-refractivity contribution in [3.05, 3.63) is 0 Å². The predicted octanol–water partition coefficient (Wildman–Crippen LogP) is -5.29. The van der Waals surface area contributed by atoms with Gasteiger partial charge in [-0.2, -0.15) is 0 Å². The summed E-state index contributed by atoms with van der Waals surface area (Å²) in [6, 6.07) is -9.41. The van der Waals surface area contributed by atoms with Gasteiger partial charge < -0.3 is 99.9 Å². The smallest absolute Gasteiger partial charge is 0.243 e. The first kappa shape index (κ1) is 73.3. The number of carbonyl (C=O) groups is 9. The van der Waals surface area contributed by atoms with Crippen LogP contribution in [0.1, 0.15) is 132 Å². The van der Waals surface area contributed by atoms with Gasteiger partial charge in [-0.3, -0.25) is 63.1 Å². The summed E-state index contributed by atoms with van der Waals surface area (Å²) in [5.74, 6) is -8.19. The molecule has 0 rings (SSSR count). The molecule has 31 nitrogen and oxygen atoms in total. The lowest BCUT2D eigenvalue weighted by atomic mass is 9.97. The van der Waals surface area contributed by atoms with Crippen molar-refractivity contribution in [2.45, 2.75) is 181 Å². The van der Waals surface area contributed by atoms with Crippen LogP contribution in [0.3, 0.4) is 0 Å². The van der Waals surface area contributed by atoms with Crippen molar-refractivity contribution in [1.29, 1.82) is 0 Å². The van der Waals surface area contributed by atoms with Crippen LogP contribution in [0.5, 0.6) is 0 Å². The summed E-state index contributed by atoms with van der Waals surface area (Å²) in [4.78, 5) is 139. The number of hydrogen-bond acceptors (Lipinski definition) is 14. The van der Waals surface area contributed by atoms with Crippen LogP contribution in [0.15, 0.2) is 20.0 Å². The minimum Gasteiger partial charge on any atom is -0.370 e. The van der Waals surface area contributed by atoms with E-state index in [1.54, 1.807) is 13.8 Å². The van der Waals surface area contributed by atoms with E-state index in [2.05, 4.69) is 62.5 Å². The molecule has 0 aliphatic rings. The third-order valence-electron chi connectivity index (χ3n) is 12.3. The van der Waals surface area contributed by atoms with Gasteiger partial charge in [-0.15, -0.1) is 0 Å². The molecule has 0 spiro atoms. The van der Waals surface area contributed by atoms with Crippen molar-refractivity contribution < 1.29 is 43.2 Å². The Morgan fingerprint density at radius 3 is 1.05 bits per heavy atom. The molecule has 0 saturated carbocycles. The molecule has 9 amide bonds. The first-order valence-electron chi connectivity index (χ1n) is 27.5. The Morgan fingerprint density at radius 2 is 0.691 bits per heavy atom. The van der Waals surface area contributed by atoms with Crippen molar-refractivity contribution in [2.24, 2.45) is 101 Å². The molecule has 9 atom stereocenters. The van der Waals surface area contributed by atoms with E-state index in [4.69, 9.17) is 57.3 Å². The van der Waals surface area contributed by atoms with E-state index in [0.29, 0.717) is 12.8 Å². The topological polar surface area (TPSA) is 560 Å². The molecule has 28 N–H and O–H groups in total. The number of nitrogens with zero attached hydrogens (tertiary/aromatic N) is 4. The van der Waals surface area contributed by atoms with Gasteiger partial charge in [-0.25, -0.2) is 0 Å². The maximum Gasteiger partial charge on any atom is 0.243 e. The van der Waals surface area contributed by atoms with Crippen LogP contribution in [0.4, 0.5) is 0 Å². The Bertz CT molecular complexity index is 2140. The molecule has 0 aromatic heterocycles. The minimum atomic E-state index is -1.32. The van der Waals surface area contributed by atoms with E-state index in [-0.39, 0.29) is 132 Å². The number of guanidine groups is 4. The van der Waals surface area contributed by atoms with E-state index in [0.717, 1.165) is 0 Å². The fourth-order valence-electron chi connectivity index (χ4n) is 7.94. The van der Waals surface area contributed by atoms with Gasteiger partial charge in [-0.05, 0) is 94.3 Å². The minimum absolute atomic E-state index is 0.00182. The average molecular weight is 1150 g/mol. The van der Waals surface area contributed by atoms with Crippen LogP contribution in [0, 0.1) is 23.7 Å². The second kappa shape index (κ2) is 39.6. The number of nitrogens with two attached hydrogens (primary N) is 10. The third kappa shape index (κ3) is 33.5. The van der Waals surface area contributed by atoms with Crippen LogP contribution in [0.2, 0.25) is 0 Å². The molecular formula is C50H98N22O9. The summed E-state index contributed by atoms with van der Waals surface area (Å²) in [5.41, 5.74) is 55.2. The van der Waals surface area contributed by atoms with E-state index >= 15 is 0 Å². The fourth-order valence-corrected chi connectivity index (χ4v) is 7.94. The Labute approximate surface area is 475 Å². The highest BCUT2D eigenvalue weighted by atomic mass is 16.2. The Hall–Kier alpha value is -7.73. The Balaban J connectivity index is 6.61. The number of aliphatic imine (C=N–C) groups is 4. The SMILES string of the molecule is CC[C@H](C)[C@H](NC(=O)[C@H](CCCN=C(N)N)NC(=O)[C@H](CC(C)C)NC(=O)[C@H](CC(C)C)NC(=O)[C@H](CC(C)C)NC(=O)[C@@H](N)CCCN=C(N)N)C(=O)NCC(=O)N[C@@H](CCCN=C(N)N)C(=O)N[C@@H](CCCN=C(N)N)C(N)=O. The second-order valence-electron chi connectivity index (χ2n) is 21.2. The molecule has 0 fully saturated rings. The molecule has 0 aliphatic heterocycles. The molecule has 0 aliphatic carbocycles. The van der Waals surface area contributed by atoms with Crippen LogP contribution < -0.4 is 99.9 Å². The molecule has 0 unspecified atom stereocenters. The third-order valence-corrected chi connectivity index (χ3v) is 12.3. The zero-order chi connectivity index (χ0) is 61.9. The van der Waals surface area contributed by atoms with Crippen LogP contribution in [-0.2, 0) is 43.2 Å². The van der Waals surface area contributed by atoms with Gasteiger partial charge in [-0.1, -0.05) is 61.8 Å². The lowest BCUT2D eigenvalue weighted by molar-refractivity contribution is -0.136. The highest BCUT2D eigenvalue weighted by Gasteiger charge is 2.35. The van der Waals surface area contributed by atoms with Gasteiger partial charge in [0.05, 0.1) is 12.6 Å². The molecule has 0 aromatic carbocycles. The number of carbonyl (C=O) groups excluding carboxylic acids is 9. The van der Waals surface area contributed by atoms with Crippen molar-refractivity contribution in [1.82, 2.24) is 42.5 Å². The van der Waals surface area contributed by atoms with Gasteiger partial charge in [0.25, 0.3) is 0 Å². The van der Waals surface area contributed by atoms with Crippen molar-refractivity contribution >= 4 is 77.0 Å². The number of nitrogens with one attached hydrogen (secondary N) is 8. The average Bonchev–Trinajstić information content (AvgIpc) is 3.39. The first-order valence-corrected chi connectivity index (χ1v) is 27.5. The summed E-state index contributed by atoms with van der Waals surface area (Å²) in [6.45, 7) is 14.4. The summed E-state index contributed by atoms with van der Waals surface area (Å²) in [7, 11) is 0. The standard InChI is InChI=1S/C50H98N22O9/c1-9-29(8)38(46(81)65-25-37(73)66-32(16-12-20-63-49(57)58)41(76)67-31(39(52)74)15-11-19-62-48(55)56)72-42(77)33(17-13-21-64-50(59)60)68-43(78)35(23-27(4)5)70-45(80)36(24-28(6)7)71-44(79)34(22-26(2)3)69-40(75)30(51)14-10-18-61-47(53)54/h26-36,38H,9-25,51H2,1-8H3,(H2,52,74)(H,65,81)(H,66,73)(H,67,76)(H,68,78)(H,69,75)(H,70,80)(H,71,79)(H,72,77)(H4,53,54,61)(H4,55,56,62)(H4,57,58,63)(H4,59,60,64)/t29-,30-,31-,32-,33-,34-,35-,36-,38-/m0/s1. The number of amides is 9. The van der Waals surface area contributed by atoms with Crippen molar-refractivity contribution in [3.63, 3.8) is 0 Å². The van der Waals surface area contributed by atoms with Crippen LogP contribution in [-0.4, -0.2) is 158 Å². The number of primary amides is 1. The normalized spacial score (nSPS) is 14.4. The Kier molecular flexibility index (Phi) is 35.8. The zero-order valence-electron chi connectivity index (χ0n) is 48.7. The Morgan fingerprint density at radius 1 is 0.383 bits per heavy atom. The highest BCUT2D eigenvalue weighted by molar-refractivity contribution is 5.98. The summed E-state index contributed by atoms with van der Waals surface area (Å²) in [6.07, 6.45) is 2.18.